The minimum atomic E-state index is 0.846. The highest BCUT2D eigenvalue weighted by Crippen LogP contribution is 2.40. The van der Waals surface area contributed by atoms with Gasteiger partial charge in [-0.05, 0) is 99.8 Å². The lowest BCUT2D eigenvalue weighted by Gasteiger charge is -2.12. The number of hydrogen-bond acceptors (Lipinski definition) is 2. The number of nitrogens with zero attached hydrogens (tertiary/aromatic N) is 4. The van der Waals surface area contributed by atoms with E-state index in [2.05, 4.69) is 221 Å². The summed E-state index contributed by atoms with van der Waals surface area (Å²) in [5.41, 5.74) is 15.4. The molecule has 10 aromatic carbocycles. The third-order valence-corrected chi connectivity index (χ3v) is 12.7. The van der Waals surface area contributed by atoms with Crippen molar-refractivity contribution < 1.29 is 0 Å². The Bertz CT molecular complexity index is 3880. The molecule has 3 heterocycles. The molecule has 0 bridgehead atoms. The van der Waals surface area contributed by atoms with Crippen molar-refractivity contribution in [2.75, 3.05) is 0 Å². The maximum atomic E-state index is 5.35. The van der Waals surface area contributed by atoms with Crippen molar-refractivity contribution in [3.63, 3.8) is 0 Å². The van der Waals surface area contributed by atoms with Gasteiger partial charge in [-0.2, -0.15) is 0 Å². The van der Waals surface area contributed by atoms with E-state index in [1.165, 1.54) is 65.6 Å². The quantitative estimate of drug-likeness (QED) is 0.163. The Kier molecular flexibility index (Phi) is 7.57. The first-order chi connectivity index (χ1) is 30.7. The van der Waals surface area contributed by atoms with Gasteiger partial charge in [-0.3, -0.25) is 4.98 Å². The van der Waals surface area contributed by atoms with Gasteiger partial charge in [0.15, 0.2) is 0 Å². The molecule has 62 heavy (non-hydrogen) atoms. The molecule has 0 atom stereocenters. The number of benzene rings is 10. The van der Waals surface area contributed by atoms with Crippen LogP contribution in [-0.2, 0) is 0 Å². The van der Waals surface area contributed by atoms with Crippen LogP contribution in [0, 0.1) is 0 Å². The lowest BCUT2D eigenvalue weighted by molar-refractivity contribution is 1.18. The summed E-state index contributed by atoms with van der Waals surface area (Å²) in [6.07, 6.45) is 1.93. The Balaban J connectivity index is 0.992. The molecular formula is C58H36N4. The summed E-state index contributed by atoms with van der Waals surface area (Å²) in [5.74, 6) is 0. The monoisotopic (exact) mass is 788 g/mol. The highest BCUT2D eigenvalue weighted by molar-refractivity contribution is 6.23. The number of fused-ring (bicyclic) bond motifs is 12. The standard InChI is InChI=1S/C58H36N4/c1-3-14-37(15-4-1)38-26-29-55-50(33-38)51-35-40(39-27-30-54-49(34-39)46-22-11-12-25-53(46)61(54)42-17-5-2-6-18-42)28-31-56(51)62(55)43-19-13-16-41(32-43)52-36-59-57-47-23-9-7-20-44(47)45-21-8-10-24-48(45)58(57)60-52/h1-36H. The van der Waals surface area contributed by atoms with Crippen molar-refractivity contribution in [3.05, 3.63) is 219 Å². The Morgan fingerprint density at radius 1 is 0.274 bits per heavy atom. The maximum Gasteiger partial charge on any atom is 0.0979 e. The van der Waals surface area contributed by atoms with E-state index in [0.29, 0.717) is 0 Å². The molecule has 0 N–H and O–H groups in total. The Morgan fingerprint density at radius 3 is 1.37 bits per heavy atom. The SMILES string of the molecule is c1ccc(-c2ccc3c(c2)c2cc(-c4ccc5c(c4)c4ccccc4n5-c4ccccc4)ccc2n3-c2cccc(-c3cnc4c5ccccc5c5ccccc5c4n3)c2)cc1. The zero-order chi connectivity index (χ0) is 40.7. The van der Waals surface area contributed by atoms with Crippen LogP contribution in [0.3, 0.4) is 0 Å². The van der Waals surface area contributed by atoms with Crippen LogP contribution in [0.2, 0.25) is 0 Å². The van der Waals surface area contributed by atoms with Crippen molar-refractivity contribution >= 4 is 76.2 Å². The van der Waals surface area contributed by atoms with Gasteiger partial charge >= 0.3 is 0 Å². The molecular weight excluding hydrogens is 753 g/mol. The molecule has 0 unspecified atom stereocenters. The van der Waals surface area contributed by atoms with Crippen molar-refractivity contribution in [1.82, 2.24) is 19.1 Å². The molecule has 0 fully saturated rings. The molecule has 13 aromatic rings. The fourth-order valence-corrected chi connectivity index (χ4v) is 9.87. The zero-order valence-corrected chi connectivity index (χ0v) is 33.6. The van der Waals surface area contributed by atoms with Crippen molar-refractivity contribution in [1.29, 1.82) is 0 Å². The molecule has 13 rings (SSSR count). The lowest BCUT2D eigenvalue weighted by atomic mass is 9.99. The summed E-state index contributed by atoms with van der Waals surface area (Å²) < 4.78 is 4.78. The topological polar surface area (TPSA) is 35.6 Å². The van der Waals surface area contributed by atoms with Crippen LogP contribution < -0.4 is 0 Å². The van der Waals surface area contributed by atoms with E-state index in [1.54, 1.807) is 0 Å². The highest BCUT2D eigenvalue weighted by Gasteiger charge is 2.18. The number of para-hydroxylation sites is 2. The van der Waals surface area contributed by atoms with Crippen LogP contribution in [0.1, 0.15) is 0 Å². The Morgan fingerprint density at radius 2 is 0.726 bits per heavy atom. The Labute approximate surface area is 357 Å². The van der Waals surface area contributed by atoms with Crippen LogP contribution in [0.4, 0.5) is 0 Å². The van der Waals surface area contributed by atoms with E-state index in [0.717, 1.165) is 55.5 Å². The van der Waals surface area contributed by atoms with Crippen molar-refractivity contribution in [2.45, 2.75) is 0 Å². The lowest BCUT2D eigenvalue weighted by Crippen LogP contribution is -1.96. The van der Waals surface area contributed by atoms with Gasteiger partial charge in [0.05, 0.1) is 45.0 Å². The van der Waals surface area contributed by atoms with Gasteiger partial charge in [-0.1, -0.05) is 146 Å². The second kappa shape index (κ2) is 13.6. The second-order valence-electron chi connectivity index (χ2n) is 16.2. The average Bonchev–Trinajstić information content (AvgIpc) is 3.86. The summed E-state index contributed by atoms with van der Waals surface area (Å²) in [7, 11) is 0. The van der Waals surface area contributed by atoms with Crippen LogP contribution in [0.5, 0.6) is 0 Å². The van der Waals surface area contributed by atoms with E-state index >= 15 is 0 Å². The van der Waals surface area contributed by atoms with E-state index in [1.807, 2.05) is 6.20 Å². The predicted octanol–water partition coefficient (Wildman–Crippen LogP) is 15.1. The molecule has 3 aromatic heterocycles. The summed E-state index contributed by atoms with van der Waals surface area (Å²) in [6.45, 7) is 0. The summed E-state index contributed by atoms with van der Waals surface area (Å²) >= 11 is 0. The summed E-state index contributed by atoms with van der Waals surface area (Å²) in [6, 6.07) is 76.6. The van der Waals surface area contributed by atoms with E-state index < -0.39 is 0 Å². The van der Waals surface area contributed by atoms with E-state index in [4.69, 9.17) is 9.97 Å². The summed E-state index contributed by atoms with van der Waals surface area (Å²) in [4.78, 5) is 10.4. The third kappa shape index (κ3) is 5.27. The molecule has 0 aliphatic carbocycles. The fraction of sp³-hybridized carbons (Fsp3) is 0. The second-order valence-corrected chi connectivity index (χ2v) is 16.2. The maximum absolute atomic E-state index is 5.35. The van der Waals surface area contributed by atoms with Gasteiger partial charge in [0.1, 0.15) is 0 Å². The first-order valence-corrected chi connectivity index (χ1v) is 21.1. The number of hydrogen-bond donors (Lipinski definition) is 0. The third-order valence-electron chi connectivity index (χ3n) is 12.7. The van der Waals surface area contributed by atoms with Crippen LogP contribution in [0.25, 0.3) is 121 Å². The van der Waals surface area contributed by atoms with Gasteiger partial charge in [0.25, 0.3) is 0 Å². The molecule has 4 heteroatoms. The predicted molar refractivity (Wildman–Crippen MR) is 260 cm³/mol. The van der Waals surface area contributed by atoms with Gasteiger partial charge < -0.3 is 9.13 Å². The molecule has 0 radical (unpaired) electrons. The van der Waals surface area contributed by atoms with Crippen molar-refractivity contribution in [3.8, 4) is 44.9 Å². The van der Waals surface area contributed by atoms with Gasteiger partial charge in [0, 0.05) is 49.3 Å². The average molecular weight is 789 g/mol. The number of rotatable bonds is 5. The van der Waals surface area contributed by atoms with Crippen LogP contribution in [0.15, 0.2) is 219 Å². The number of aromatic nitrogens is 4. The largest absolute Gasteiger partial charge is 0.309 e. The smallest absolute Gasteiger partial charge is 0.0979 e. The summed E-state index contributed by atoms with van der Waals surface area (Å²) in [5, 5.41) is 9.51. The molecule has 0 saturated carbocycles. The normalized spacial score (nSPS) is 11.9. The fourth-order valence-electron chi connectivity index (χ4n) is 9.87. The van der Waals surface area contributed by atoms with Gasteiger partial charge in [-0.25, -0.2) is 4.98 Å². The first-order valence-electron chi connectivity index (χ1n) is 21.1. The minimum Gasteiger partial charge on any atom is -0.309 e. The van der Waals surface area contributed by atoms with Crippen molar-refractivity contribution in [2.24, 2.45) is 0 Å². The van der Waals surface area contributed by atoms with Crippen LogP contribution >= 0.6 is 0 Å². The highest BCUT2D eigenvalue weighted by atomic mass is 15.0. The van der Waals surface area contributed by atoms with E-state index in [9.17, 15) is 0 Å². The van der Waals surface area contributed by atoms with Gasteiger partial charge in [0.2, 0.25) is 0 Å². The first kappa shape index (κ1) is 34.5. The molecule has 0 saturated heterocycles. The molecule has 288 valence electrons. The molecule has 0 aliphatic heterocycles. The molecule has 0 amide bonds. The van der Waals surface area contributed by atoms with E-state index in [-0.39, 0.29) is 0 Å². The minimum absolute atomic E-state index is 0.846. The molecule has 4 nitrogen and oxygen atoms in total. The molecule has 0 aliphatic rings. The van der Waals surface area contributed by atoms with Gasteiger partial charge in [-0.15, -0.1) is 0 Å². The molecule has 0 spiro atoms. The zero-order valence-electron chi connectivity index (χ0n) is 33.6. The Hall–Kier alpha value is -8.34. The van der Waals surface area contributed by atoms with Crippen LogP contribution in [-0.4, -0.2) is 19.1 Å².